The molecule has 0 aliphatic carbocycles. The Hall–Kier alpha value is -2.09. The van der Waals surface area contributed by atoms with E-state index in [-0.39, 0.29) is 12.6 Å². The number of rotatable bonds is 3. The molecule has 2 nitrogen and oxygen atoms in total. The van der Waals surface area contributed by atoms with E-state index in [4.69, 9.17) is 4.74 Å². The van der Waals surface area contributed by atoms with Gasteiger partial charge in [0.1, 0.15) is 6.61 Å². The van der Waals surface area contributed by atoms with Crippen LogP contribution in [-0.4, -0.2) is 5.97 Å². The van der Waals surface area contributed by atoms with Crippen molar-refractivity contribution in [2.24, 2.45) is 0 Å². The van der Waals surface area contributed by atoms with Crippen LogP contribution in [0.3, 0.4) is 0 Å². The molecule has 0 heterocycles. The summed E-state index contributed by atoms with van der Waals surface area (Å²) in [6.07, 6.45) is 0. The van der Waals surface area contributed by atoms with Gasteiger partial charge in [-0.3, -0.25) is 0 Å². The molecule has 0 saturated carbocycles. The van der Waals surface area contributed by atoms with Crippen molar-refractivity contribution in [1.29, 1.82) is 0 Å². The molecule has 0 amide bonds. The van der Waals surface area contributed by atoms with Gasteiger partial charge in [0, 0.05) is 5.57 Å². The van der Waals surface area contributed by atoms with Crippen LogP contribution < -0.4 is 0 Å². The number of hydrogen-bond donors (Lipinski definition) is 0. The van der Waals surface area contributed by atoms with Gasteiger partial charge in [-0.2, -0.15) is 0 Å². The van der Waals surface area contributed by atoms with Crippen molar-refractivity contribution in [2.75, 3.05) is 0 Å². The van der Waals surface area contributed by atoms with Crippen molar-refractivity contribution < 1.29 is 9.53 Å². The van der Waals surface area contributed by atoms with Crippen molar-refractivity contribution in [2.45, 2.75) is 13.5 Å². The van der Waals surface area contributed by atoms with Crippen molar-refractivity contribution in [1.82, 2.24) is 0 Å². The normalized spacial score (nSPS) is 10.2. The number of carbonyl (C=O) groups excluding carboxylic acids is 1. The summed E-state index contributed by atoms with van der Waals surface area (Å²) in [4.78, 5) is 11.3. The molecule has 0 aliphatic rings. The molecule has 17 heavy (non-hydrogen) atoms. The summed E-state index contributed by atoms with van der Waals surface area (Å²) in [5.41, 5.74) is 1.43. The van der Waals surface area contributed by atoms with Gasteiger partial charge in [0.05, 0.1) is 0 Å². The van der Waals surface area contributed by atoms with E-state index in [0.29, 0.717) is 5.57 Å². The van der Waals surface area contributed by atoms with E-state index in [1.54, 1.807) is 6.92 Å². The second-order valence-corrected chi connectivity index (χ2v) is 3.99. The zero-order valence-electron chi connectivity index (χ0n) is 9.77. The van der Waals surface area contributed by atoms with Gasteiger partial charge in [-0.05, 0) is 23.3 Å². The standard InChI is InChI=1S/C15H14O2/c1-11(2)15(16)17-10-13-8-5-7-12-6-3-4-9-14(12)13/h3-9H,1,10H2,2H3. The van der Waals surface area contributed by atoms with Crippen molar-refractivity contribution in [3.8, 4) is 0 Å². The molecular formula is C15H14O2. The first-order valence-corrected chi connectivity index (χ1v) is 5.48. The maximum absolute atomic E-state index is 11.3. The molecule has 0 bridgehead atoms. The summed E-state index contributed by atoms with van der Waals surface area (Å²) >= 11 is 0. The minimum atomic E-state index is -0.349. The number of benzene rings is 2. The molecule has 2 aromatic carbocycles. The number of hydrogen-bond acceptors (Lipinski definition) is 2. The van der Waals surface area contributed by atoms with E-state index in [1.807, 2.05) is 42.5 Å². The molecule has 0 saturated heterocycles. The third-order valence-electron chi connectivity index (χ3n) is 2.59. The van der Waals surface area contributed by atoms with Gasteiger partial charge in [-0.1, -0.05) is 49.0 Å². The smallest absolute Gasteiger partial charge is 0.333 e. The quantitative estimate of drug-likeness (QED) is 0.591. The fourth-order valence-electron chi connectivity index (χ4n) is 1.68. The molecule has 2 rings (SSSR count). The molecule has 2 aromatic rings. The van der Waals surface area contributed by atoms with Crippen LogP contribution >= 0.6 is 0 Å². The predicted octanol–water partition coefficient (Wildman–Crippen LogP) is 3.46. The molecule has 0 aromatic heterocycles. The lowest BCUT2D eigenvalue weighted by Crippen LogP contribution is -2.05. The molecule has 2 heteroatoms. The molecular weight excluding hydrogens is 212 g/mol. The first kappa shape index (κ1) is 11.4. The average molecular weight is 226 g/mol. The number of esters is 1. The van der Waals surface area contributed by atoms with Crippen LogP contribution in [0, 0.1) is 0 Å². The fraction of sp³-hybridized carbons (Fsp3) is 0.133. The van der Waals surface area contributed by atoms with Gasteiger partial charge < -0.3 is 4.74 Å². The third kappa shape index (κ3) is 2.53. The topological polar surface area (TPSA) is 26.3 Å². The highest BCUT2D eigenvalue weighted by molar-refractivity contribution is 5.88. The largest absolute Gasteiger partial charge is 0.457 e. The van der Waals surface area contributed by atoms with Crippen molar-refractivity contribution >= 4 is 16.7 Å². The van der Waals surface area contributed by atoms with E-state index in [0.717, 1.165) is 16.3 Å². The van der Waals surface area contributed by atoms with Crippen LogP contribution in [0.4, 0.5) is 0 Å². The fourth-order valence-corrected chi connectivity index (χ4v) is 1.68. The van der Waals surface area contributed by atoms with Gasteiger partial charge in [0.25, 0.3) is 0 Å². The highest BCUT2D eigenvalue weighted by Crippen LogP contribution is 2.19. The maximum atomic E-state index is 11.3. The van der Waals surface area contributed by atoms with Crippen LogP contribution in [-0.2, 0) is 16.1 Å². The highest BCUT2D eigenvalue weighted by Gasteiger charge is 2.05. The number of carbonyl (C=O) groups is 1. The second kappa shape index (κ2) is 4.83. The van der Waals surface area contributed by atoms with Gasteiger partial charge >= 0.3 is 5.97 Å². The van der Waals surface area contributed by atoms with Gasteiger partial charge in [-0.25, -0.2) is 4.79 Å². The van der Waals surface area contributed by atoms with Gasteiger partial charge in [-0.15, -0.1) is 0 Å². The van der Waals surface area contributed by atoms with E-state index in [2.05, 4.69) is 6.58 Å². The highest BCUT2D eigenvalue weighted by atomic mass is 16.5. The van der Waals surface area contributed by atoms with Crippen LogP contribution in [0.1, 0.15) is 12.5 Å². The minimum absolute atomic E-state index is 0.285. The van der Waals surface area contributed by atoms with E-state index in [1.165, 1.54) is 0 Å². The molecule has 0 aliphatic heterocycles. The van der Waals surface area contributed by atoms with E-state index >= 15 is 0 Å². The Morgan fingerprint density at radius 1 is 1.18 bits per heavy atom. The molecule has 86 valence electrons. The van der Waals surface area contributed by atoms with Crippen LogP contribution in [0.5, 0.6) is 0 Å². The monoisotopic (exact) mass is 226 g/mol. The van der Waals surface area contributed by atoms with Crippen molar-refractivity contribution in [3.05, 3.63) is 60.2 Å². The van der Waals surface area contributed by atoms with Gasteiger partial charge in [0.15, 0.2) is 0 Å². The summed E-state index contributed by atoms with van der Waals surface area (Å²) in [7, 11) is 0. The summed E-state index contributed by atoms with van der Waals surface area (Å²) in [6.45, 7) is 5.48. The Morgan fingerprint density at radius 3 is 2.65 bits per heavy atom. The second-order valence-electron chi connectivity index (χ2n) is 3.99. The maximum Gasteiger partial charge on any atom is 0.333 e. The summed E-state index contributed by atoms with van der Waals surface area (Å²) in [6, 6.07) is 14.0. The molecule has 0 N–H and O–H groups in total. The molecule has 0 spiro atoms. The number of fused-ring (bicyclic) bond motifs is 1. The molecule has 0 fully saturated rings. The summed E-state index contributed by atoms with van der Waals surface area (Å²) in [5.74, 6) is -0.349. The van der Waals surface area contributed by atoms with Crippen molar-refractivity contribution in [3.63, 3.8) is 0 Å². The first-order valence-electron chi connectivity index (χ1n) is 5.48. The summed E-state index contributed by atoms with van der Waals surface area (Å²) < 4.78 is 5.16. The lowest BCUT2D eigenvalue weighted by molar-refractivity contribution is -0.140. The Labute approximate surface area is 101 Å². The van der Waals surface area contributed by atoms with Crippen LogP contribution in [0.2, 0.25) is 0 Å². The zero-order chi connectivity index (χ0) is 12.3. The molecule has 0 unspecified atom stereocenters. The Kier molecular flexibility index (Phi) is 3.24. The Balaban J connectivity index is 2.24. The van der Waals surface area contributed by atoms with E-state index < -0.39 is 0 Å². The Bertz CT molecular complexity index is 565. The Morgan fingerprint density at radius 2 is 1.88 bits per heavy atom. The van der Waals surface area contributed by atoms with Crippen LogP contribution in [0.25, 0.3) is 10.8 Å². The van der Waals surface area contributed by atoms with E-state index in [9.17, 15) is 4.79 Å². The lowest BCUT2D eigenvalue weighted by Gasteiger charge is -2.07. The SMILES string of the molecule is C=C(C)C(=O)OCc1cccc2ccccc12. The zero-order valence-corrected chi connectivity index (χ0v) is 9.77. The lowest BCUT2D eigenvalue weighted by atomic mass is 10.1. The number of ether oxygens (including phenoxy) is 1. The average Bonchev–Trinajstić information content (AvgIpc) is 2.35. The van der Waals surface area contributed by atoms with Gasteiger partial charge in [0.2, 0.25) is 0 Å². The predicted molar refractivity (Wildman–Crippen MR) is 68.6 cm³/mol. The minimum Gasteiger partial charge on any atom is -0.457 e. The van der Waals surface area contributed by atoms with Crippen LogP contribution in [0.15, 0.2) is 54.6 Å². The molecule has 0 radical (unpaired) electrons. The summed E-state index contributed by atoms with van der Waals surface area (Å²) in [5, 5.41) is 2.26. The third-order valence-corrected chi connectivity index (χ3v) is 2.59. The first-order chi connectivity index (χ1) is 8.18. The molecule has 0 atom stereocenters.